The lowest BCUT2D eigenvalue weighted by Gasteiger charge is -2.47. The summed E-state index contributed by atoms with van der Waals surface area (Å²) in [6.07, 6.45) is 5.95. The molecule has 0 aromatic heterocycles. The van der Waals surface area contributed by atoms with Crippen LogP contribution in [0, 0.1) is 11.3 Å². The molecule has 2 fully saturated rings. The van der Waals surface area contributed by atoms with E-state index in [1.807, 2.05) is 0 Å². The lowest BCUT2D eigenvalue weighted by atomic mass is 9.59. The molecule has 0 aromatic carbocycles. The number of carboxylic acids is 1. The second-order valence-corrected chi connectivity index (χ2v) is 4.53. The van der Waals surface area contributed by atoms with Gasteiger partial charge in [0.25, 0.3) is 0 Å². The van der Waals surface area contributed by atoms with Gasteiger partial charge in [-0.05, 0) is 31.6 Å². The van der Waals surface area contributed by atoms with Crippen LogP contribution in [0.25, 0.3) is 0 Å². The number of fused-ring (bicyclic) bond motifs is 2. The number of nitrogens with two attached hydrogens (primary N) is 1. The van der Waals surface area contributed by atoms with E-state index < -0.39 is 11.4 Å². The fourth-order valence-corrected chi connectivity index (χ4v) is 3.13. The van der Waals surface area contributed by atoms with E-state index in [1.165, 1.54) is 0 Å². The van der Waals surface area contributed by atoms with E-state index in [0.29, 0.717) is 5.92 Å². The normalized spacial score (nSPS) is 44.4. The van der Waals surface area contributed by atoms with Crippen LogP contribution in [0.15, 0.2) is 0 Å². The standard InChI is InChI=1S/C10H17NO2/c11-8-7-3-1-5-10(8,9(12)13)6-2-4-7/h7-8H,1-6,11H2,(H,12,13). The van der Waals surface area contributed by atoms with Crippen molar-refractivity contribution in [3.8, 4) is 0 Å². The summed E-state index contributed by atoms with van der Waals surface area (Å²) in [7, 11) is 0. The van der Waals surface area contributed by atoms with Crippen LogP contribution in [0.3, 0.4) is 0 Å². The van der Waals surface area contributed by atoms with Crippen LogP contribution in [-0.2, 0) is 4.79 Å². The summed E-state index contributed by atoms with van der Waals surface area (Å²) in [5.74, 6) is -0.192. The second kappa shape index (κ2) is 2.98. The summed E-state index contributed by atoms with van der Waals surface area (Å²) >= 11 is 0. The van der Waals surface area contributed by atoms with Crippen molar-refractivity contribution in [2.45, 2.75) is 44.6 Å². The maximum absolute atomic E-state index is 11.2. The van der Waals surface area contributed by atoms with Crippen molar-refractivity contribution >= 4 is 5.97 Å². The summed E-state index contributed by atoms with van der Waals surface area (Å²) in [6.45, 7) is 0. The zero-order valence-electron chi connectivity index (χ0n) is 7.83. The van der Waals surface area contributed by atoms with Crippen molar-refractivity contribution in [2.24, 2.45) is 17.1 Å². The Hall–Kier alpha value is -0.570. The van der Waals surface area contributed by atoms with Gasteiger partial charge in [0.1, 0.15) is 0 Å². The number of hydrogen-bond acceptors (Lipinski definition) is 2. The van der Waals surface area contributed by atoms with Crippen molar-refractivity contribution in [2.75, 3.05) is 0 Å². The van der Waals surface area contributed by atoms with Crippen LogP contribution in [0.5, 0.6) is 0 Å². The molecule has 3 heteroatoms. The Morgan fingerprint density at radius 2 is 1.85 bits per heavy atom. The number of carbonyl (C=O) groups is 1. The molecule has 2 aliphatic rings. The smallest absolute Gasteiger partial charge is 0.311 e. The van der Waals surface area contributed by atoms with Gasteiger partial charge in [-0.2, -0.15) is 0 Å². The van der Waals surface area contributed by atoms with Gasteiger partial charge in [0.2, 0.25) is 0 Å². The fraction of sp³-hybridized carbons (Fsp3) is 0.900. The van der Waals surface area contributed by atoms with E-state index in [4.69, 9.17) is 5.73 Å². The van der Waals surface area contributed by atoms with Gasteiger partial charge < -0.3 is 10.8 Å². The van der Waals surface area contributed by atoms with Crippen molar-refractivity contribution < 1.29 is 9.90 Å². The summed E-state index contributed by atoms with van der Waals surface area (Å²) in [5.41, 5.74) is 5.47. The Bertz CT molecular complexity index is 217. The highest BCUT2D eigenvalue weighted by atomic mass is 16.4. The molecule has 3 nitrogen and oxygen atoms in total. The zero-order valence-corrected chi connectivity index (χ0v) is 7.83. The highest BCUT2D eigenvalue weighted by molar-refractivity contribution is 5.76. The molecule has 0 aliphatic heterocycles. The van der Waals surface area contributed by atoms with Crippen molar-refractivity contribution in [1.29, 1.82) is 0 Å². The van der Waals surface area contributed by atoms with Gasteiger partial charge in [-0.1, -0.05) is 12.8 Å². The van der Waals surface area contributed by atoms with E-state index >= 15 is 0 Å². The third-order valence-electron chi connectivity index (χ3n) is 3.97. The summed E-state index contributed by atoms with van der Waals surface area (Å²) in [6, 6.07) is -0.0903. The van der Waals surface area contributed by atoms with E-state index in [-0.39, 0.29) is 6.04 Å². The summed E-state index contributed by atoms with van der Waals surface area (Å²) in [4.78, 5) is 11.2. The third-order valence-corrected chi connectivity index (χ3v) is 3.97. The van der Waals surface area contributed by atoms with Crippen LogP contribution in [0.4, 0.5) is 0 Å². The molecule has 74 valence electrons. The van der Waals surface area contributed by atoms with Crippen LogP contribution in [0.1, 0.15) is 38.5 Å². The average molecular weight is 183 g/mol. The molecule has 0 saturated heterocycles. The van der Waals surface area contributed by atoms with Crippen LogP contribution in [0.2, 0.25) is 0 Å². The number of hydrogen-bond donors (Lipinski definition) is 2. The van der Waals surface area contributed by atoms with Gasteiger partial charge in [0.15, 0.2) is 0 Å². The highest BCUT2D eigenvalue weighted by Crippen LogP contribution is 2.48. The van der Waals surface area contributed by atoms with E-state index in [1.54, 1.807) is 0 Å². The van der Waals surface area contributed by atoms with Gasteiger partial charge in [-0.3, -0.25) is 4.79 Å². The first-order valence-corrected chi connectivity index (χ1v) is 5.16. The SMILES string of the molecule is NC1C2CCCC1(C(=O)O)CCC2. The monoisotopic (exact) mass is 183 g/mol. The second-order valence-electron chi connectivity index (χ2n) is 4.53. The largest absolute Gasteiger partial charge is 0.481 e. The first-order chi connectivity index (χ1) is 6.17. The van der Waals surface area contributed by atoms with Gasteiger partial charge in [-0.25, -0.2) is 0 Å². The van der Waals surface area contributed by atoms with E-state index in [0.717, 1.165) is 38.5 Å². The Balaban J connectivity index is 2.28. The van der Waals surface area contributed by atoms with Crippen molar-refractivity contribution in [3.63, 3.8) is 0 Å². The van der Waals surface area contributed by atoms with Crippen LogP contribution < -0.4 is 5.73 Å². The van der Waals surface area contributed by atoms with Crippen LogP contribution >= 0.6 is 0 Å². The predicted octanol–water partition coefficient (Wildman–Crippen LogP) is 1.37. The van der Waals surface area contributed by atoms with Crippen molar-refractivity contribution in [3.05, 3.63) is 0 Å². The highest BCUT2D eigenvalue weighted by Gasteiger charge is 2.51. The topological polar surface area (TPSA) is 63.3 Å². The Morgan fingerprint density at radius 1 is 1.31 bits per heavy atom. The number of rotatable bonds is 1. The number of carboxylic acid groups (broad SMARTS) is 1. The minimum Gasteiger partial charge on any atom is -0.481 e. The minimum atomic E-state index is -0.663. The molecule has 2 saturated carbocycles. The zero-order chi connectivity index (χ0) is 9.47. The quantitative estimate of drug-likeness (QED) is 0.645. The molecule has 3 N–H and O–H groups in total. The van der Waals surface area contributed by atoms with Crippen molar-refractivity contribution in [1.82, 2.24) is 0 Å². The molecule has 2 rings (SSSR count). The lowest BCUT2D eigenvalue weighted by molar-refractivity contribution is -0.156. The molecule has 0 radical (unpaired) electrons. The van der Waals surface area contributed by atoms with E-state index in [2.05, 4.69) is 0 Å². The fourth-order valence-electron chi connectivity index (χ4n) is 3.13. The molecule has 0 amide bonds. The Labute approximate surface area is 78.3 Å². The lowest BCUT2D eigenvalue weighted by Crippen LogP contribution is -2.56. The summed E-state index contributed by atoms with van der Waals surface area (Å²) < 4.78 is 0. The Morgan fingerprint density at radius 3 is 2.23 bits per heavy atom. The average Bonchev–Trinajstić information content (AvgIpc) is 2.03. The third kappa shape index (κ3) is 1.17. The molecule has 2 bridgehead atoms. The van der Waals surface area contributed by atoms with E-state index in [9.17, 15) is 9.90 Å². The van der Waals surface area contributed by atoms with Crippen LogP contribution in [-0.4, -0.2) is 17.1 Å². The molecule has 2 aliphatic carbocycles. The predicted molar refractivity (Wildman–Crippen MR) is 49.2 cm³/mol. The maximum atomic E-state index is 11.2. The first-order valence-electron chi connectivity index (χ1n) is 5.16. The van der Waals surface area contributed by atoms with Gasteiger partial charge >= 0.3 is 5.97 Å². The molecule has 1 unspecified atom stereocenters. The van der Waals surface area contributed by atoms with Gasteiger partial charge in [-0.15, -0.1) is 0 Å². The molecule has 0 spiro atoms. The maximum Gasteiger partial charge on any atom is 0.311 e. The molecular weight excluding hydrogens is 166 g/mol. The number of aliphatic carboxylic acids is 1. The molecule has 13 heavy (non-hydrogen) atoms. The molecular formula is C10H17NO2. The molecule has 0 aromatic rings. The van der Waals surface area contributed by atoms with Gasteiger partial charge in [0, 0.05) is 6.04 Å². The summed E-state index contributed by atoms with van der Waals surface area (Å²) in [5, 5.41) is 9.23. The molecule has 1 atom stereocenters. The molecule has 0 heterocycles. The first kappa shape index (κ1) is 9.00. The minimum absolute atomic E-state index is 0.0903. The van der Waals surface area contributed by atoms with Gasteiger partial charge in [0.05, 0.1) is 5.41 Å². The Kier molecular flexibility index (Phi) is 2.06.